The number of hydrogen-bond acceptors (Lipinski definition) is 2. The zero-order valence-corrected chi connectivity index (χ0v) is 11.5. The summed E-state index contributed by atoms with van der Waals surface area (Å²) in [4.78, 5) is 0. The molecular formula is C14H16BrNO. The topological polar surface area (TPSA) is 33.0 Å². The van der Waals surface area contributed by atoms with E-state index in [4.69, 9.17) is 10.00 Å². The van der Waals surface area contributed by atoms with Crippen LogP contribution in [0.15, 0.2) is 22.7 Å². The summed E-state index contributed by atoms with van der Waals surface area (Å²) < 4.78 is 6.91. The van der Waals surface area contributed by atoms with E-state index in [-0.39, 0.29) is 0 Å². The van der Waals surface area contributed by atoms with Crippen LogP contribution in [0.5, 0.6) is 5.75 Å². The van der Waals surface area contributed by atoms with Gasteiger partial charge in [-0.3, -0.25) is 0 Å². The highest BCUT2D eigenvalue weighted by molar-refractivity contribution is 9.10. The molecule has 0 amide bonds. The van der Waals surface area contributed by atoms with Crippen LogP contribution in [0.1, 0.15) is 38.2 Å². The van der Waals surface area contributed by atoms with Gasteiger partial charge in [-0.2, -0.15) is 5.26 Å². The first-order valence-electron chi connectivity index (χ1n) is 6.06. The molecule has 1 aliphatic rings. The maximum absolute atomic E-state index is 8.92. The fraction of sp³-hybridized carbons (Fsp3) is 0.500. The molecule has 0 heterocycles. The van der Waals surface area contributed by atoms with E-state index in [0.29, 0.717) is 17.6 Å². The maximum Gasteiger partial charge on any atom is 0.122 e. The number of nitriles is 1. The monoisotopic (exact) mass is 293 g/mol. The Labute approximate surface area is 111 Å². The normalized spacial score (nSPS) is 24.1. The molecule has 1 aromatic carbocycles. The number of benzene rings is 1. The molecule has 17 heavy (non-hydrogen) atoms. The van der Waals surface area contributed by atoms with Gasteiger partial charge in [-0.05, 0) is 43.4 Å². The molecule has 1 saturated carbocycles. The largest absolute Gasteiger partial charge is 0.490 e. The predicted octanol–water partition coefficient (Wildman–Crippen LogP) is 4.28. The van der Waals surface area contributed by atoms with Gasteiger partial charge in [-0.25, -0.2) is 0 Å². The molecular weight excluding hydrogens is 278 g/mol. The molecule has 0 aliphatic heterocycles. The van der Waals surface area contributed by atoms with Crippen molar-refractivity contribution >= 4 is 15.9 Å². The molecule has 0 spiro atoms. The van der Waals surface area contributed by atoms with Crippen LogP contribution in [0.2, 0.25) is 0 Å². The standard InChI is InChI=1S/C14H16BrNO/c1-10-4-2-3-5-14(10)17-13-7-11(9-16)6-12(15)8-13/h6-8,10,14H,2-5H2,1H3. The lowest BCUT2D eigenvalue weighted by atomic mass is 9.88. The van der Waals surface area contributed by atoms with Crippen molar-refractivity contribution in [2.24, 2.45) is 5.92 Å². The fourth-order valence-corrected chi connectivity index (χ4v) is 2.80. The van der Waals surface area contributed by atoms with E-state index in [9.17, 15) is 0 Å². The van der Waals surface area contributed by atoms with Crippen molar-refractivity contribution in [2.75, 3.05) is 0 Å². The smallest absolute Gasteiger partial charge is 0.122 e. The van der Waals surface area contributed by atoms with Crippen LogP contribution in [0.3, 0.4) is 0 Å². The van der Waals surface area contributed by atoms with Crippen molar-refractivity contribution in [1.29, 1.82) is 5.26 Å². The third-order valence-electron chi connectivity index (χ3n) is 3.32. The Kier molecular flexibility index (Phi) is 4.06. The third-order valence-corrected chi connectivity index (χ3v) is 3.78. The van der Waals surface area contributed by atoms with Crippen LogP contribution >= 0.6 is 15.9 Å². The summed E-state index contributed by atoms with van der Waals surface area (Å²) in [7, 11) is 0. The number of nitrogens with zero attached hydrogens (tertiary/aromatic N) is 1. The average molecular weight is 294 g/mol. The quantitative estimate of drug-likeness (QED) is 0.815. The van der Waals surface area contributed by atoms with E-state index in [1.807, 2.05) is 12.1 Å². The molecule has 0 saturated heterocycles. The molecule has 2 rings (SSSR count). The Morgan fingerprint density at radius 2 is 2.06 bits per heavy atom. The SMILES string of the molecule is CC1CCCCC1Oc1cc(Br)cc(C#N)c1. The van der Waals surface area contributed by atoms with Gasteiger partial charge >= 0.3 is 0 Å². The summed E-state index contributed by atoms with van der Waals surface area (Å²) in [6.45, 7) is 2.24. The molecule has 0 N–H and O–H groups in total. The lowest BCUT2D eigenvalue weighted by Gasteiger charge is -2.29. The van der Waals surface area contributed by atoms with Gasteiger partial charge in [-0.15, -0.1) is 0 Å². The van der Waals surface area contributed by atoms with Crippen molar-refractivity contribution in [3.05, 3.63) is 28.2 Å². The van der Waals surface area contributed by atoms with Crippen LogP contribution in [-0.4, -0.2) is 6.10 Å². The second kappa shape index (κ2) is 5.55. The number of hydrogen-bond donors (Lipinski definition) is 0. The molecule has 2 nitrogen and oxygen atoms in total. The first-order chi connectivity index (χ1) is 8.19. The molecule has 1 fully saturated rings. The minimum Gasteiger partial charge on any atom is -0.490 e. The Balaban J connectivity index is 2.12. The zero-order chi connectivity index (χ0) is 12.3. The molecule has 1 aliphatic carbocycles. The van der Waals surface area contributed by atoms with E-state index < -0.39 is 0 Å². The summed E-state index contributed by atoms with van der Waals surface area (Å²) in [5.41, 5.74) is 0.637. The Hall–Kier alpha value is -1.01. The van der Waals surface area contributed by atoms with Crippen LogP contribution in [0.4, 0.5) is 0 Å². The summed E-state index contributed by atoms with van der Waals surface area (Å²) in [6, 6.07) is 7.69. The van der Waals surface area contributed by atoms with E-state index in [1.54, 1.807) is 6.07 Å². The summed E-state index contributed by atoms with van der Waals surface area (Å²) in [5.74, 6) is 1.41. The lowest BCUT2D eigenvalue weighted by Crippen LogP contribution is -2.28. The van der Waals surface area contributed by atoms with Crippen molar-refractivity contribution in [3.63, 3.8) is 0 Å². The zero-order valence-electron chi connectivity index (χ0n) is 9.95. The molecule has 2 unspecified atom stereocenters. The van der Waals surface area contributed by atoms with E-state index >= 15 is 0 Å². The van der Waals surface area contributed by atoms with Crippen molar-refractivity contribution in [3.8, 4) is 11.8 Å². The van der Waals surface area contributed by atoms with Gasteiger partial charge in [0.25, 0.3) is 0 Å². The number of ether oxygens (including phenoxy) is 1. The molecule has 0 aromatic heterocycles. The summed E-state index contributed by atoms with van der Waals surface area (Å²) in [6.07, 6.45) is 5.21. The van der Waals surface area contributed by atoms with E-state index in [2.05, 4.69) is 28.9 Å². The summed E-state index contributed by atoms with van der Waals surface area (Å²) in [5, 5.41) is 8.92. The molecule has 2 atom stereocenters. The molecule has 90 valence electrons. The Morgan fingerprint density at radius 1 is 1.29 bits per heavy atom. The first kappa shape index (κ1) is 12.4. The molecule has 1 aromatic rings. The fourth-order valence-electron chi connectivity index (χ4n) is 2.33. The van der Waals surface area contributed by atoms with Gasteiger partial charge in [0, 0.05) is 4.47 Å². The van der Waals surface area contributed by atoms with Gasteiger partial charge in [0.1, 0.15) is 11.9 Å². The number of halogens is 1. The van der Waals surface area contributed by atoms with Crippen LogP contribution < -0.4 is 4.74 Å². The highest BCUT2D eigenvalue weighted by Crippen LogP contribution is 2.29. The Bertz CT molecular complexity index is 438. The molecule has 0 radical (unpaired) electrons. The van der Waals surface area contributed by atoms with Crippen LogP contribution in [-0.2, 0) is 0 Å². The maximum atomic E-state index is 8.92. The van der Waals surface area contributed by atoms with Gasteiger partial charge in [0.05, 0.1) is 11.6 Å². The highest BCUT2D eigenvalue weighted by atomic mass is 79.9. The van der Waals surface area contributed by atoms with E-state index in [1.165, 1.54) is 19.3 Å². The van der Waals surface area contributed by atoms with Crippen molar-refractivity contribution in [1.82, 2.24) is 0 Å². The van der Waals surface area contributed by atoms with Gasteiger partial charge in [-0.1, -0.05) is 29.3 Å². The minimum atomic E-state index is 0.296. The Morgan fingerprint density at radius 3 is 2.76 bits per heavy atom. The van der Waals surface area contributed by atoms with Gasteiger partial charge in [0.15, 0.2) is 0 Å². The lowest BCUT2D eigenvalue weighted by molar-refractivity contribution is 0.102. The highest BCUT2D eigenvalue weighted by Gasteiger charge is 2.22. The van der Waals surface area contributed by atoms with Gasteiger partial charge in [0.2, 0.25) is 0 Å². The third kappa shape index (κ3) is 3.23. The minimum absolute atomic E-state index is 0.296. The molecule has 0 bridgehead atoms. The summed E-state index contributed by atoms with van der Waals surface area (Å²) >= 11 is 3.40. The van der Waals surface area contributed by atoms with Crippen LogP contribution in [0.25, 0.3) is 0 Å². The van der Waals surface area contributed by atoms with Crippen LogP contribution in [0, 0.1) is 17.2 Å². The first-order valence-corrected chi connectivity index (χ1v) is 6.85. The van der Waals surface area contributed by atoms with Gasteiger partial charge < -0.3 is 4.74 Å². The predicted molar refractivity (Wildman–Crippen MR) is 70.9 cm³/mol. The second-order valence-electron chi connectivity index (χ2n) is 4.71. The van der Waals surface area contributed by atoms with Crippen molar-refractivity contribution in [2.45, 2.75) is 38.7 Å². The van der Waals surface area contributed by atoms with E-state index in [0.717, 1.165) is 16.6 Å². The average Bonchev–Trinajstić information content (AvgIpc) is 2.31. The number of rotatable bonds is 2. The molecule has 3 heteroatoms. The van der Waals surface area contributed by atoms with Crippen molar-refractivity contribution < 1.29 is 4.74 Å². The second-order valence-corrected chi connectivity index (χ2v) is 5.62.